The van der Waals surface area contributed by atoms with Gasteiger partial charge in [0.1, 0.15) is 11.8 Å². The molecule has 2 aromatic carbocycles. The highest BCUT2D eigenvalue weighted by Gasteiger charge is 2.49. The Balaban J connectivity index is 2.14. The van der Waals surface area contributed by atoms with Gasteiger partial charge in [0.15, 0.2) is 0 Å². The Morgan fingerprint density at radius 3 is 1.96 bits per heavy atom. The number of hydrogen-bond acceptors (Lipinski definition) is 5. The topological polar surface area (TPSA) is 65.0 Å². The van der Waals surface area contributed by atoms with Crippen molar-refractivity contribution >= 4 is 17.7 Å². The van der Waals surface area contributed by atoms with Gasteiger partial charge in [-0.1, -0.05) is 60.7 Å². The van der Waals surface area contributed by atoms with Crippen LogP contribution in [0.3, 0.4) is 0 Å². The first kappa shape index (κ1) is 16.9. The number of ether oxygens (including phenoxy) is 2. The second-order valence-electron chi connectivity index (χ2n) is 5.79. The lowest BCUT2D eigenvalue weighted by Crippen LogP contribution is -2.35. The molecule has 0 unspecified atom stereocenters. The van der Waals surface area contributed by atoms with E-state index in [0.29, 0.717) is 5.71 Å². The number of carbonyl (C=O) groups excluding carboxylic acids is 2. The molecule has 3 atom stereocenters. The Hall–Kier alpha value is -2.95. The molecule has 0 radical (unpaired) electrons. The molecule has 5 heteroatoms. The van der Waals surface area contributed by atoms with E-state index in [-0.39, 0.29) is 0 Å². The van der Waals surface area contributed by atoms with Gasteiger partial charge in [-0.25, -0.2) is 0 Å². The van der Waals surface area contributed by atoms with E-state index in [2.05, 4.69) is 0 Å². The SMILES string of the molecule is COC(=O)[C@H]1C(c2ccccc2)=N[C@@H](c2ccccc2)[C@@H]1C(=O)OC. The lowest BCUT2D eigenvalue weighted by Gasteiger charge is -2.21. The van der Waals surface area contributed by atoms with Gasteiger partial charge in [0, 0.05) is 0 Å². The van der Waals surface area contributed by atoms with Crippen LogP contribution in [0.1, 0.15) is 17.2 Å². The van der Waals surface area contributed by atoms with Gasteiger partial charge in [-0.15, -0.1) is 0 Å². The van der Waals surface area contributed by atoms with Crippen molar-refractivity contribution in [1.29, 1.82) is 0 Å². The molecule has 2 aromatic rings. The van der Waals surface area contributed by atoms with Crippen LogP contribution < -0.4 is 0 Å². The number of rotatable bonds is 4. The molecule has 0 saturated heterocycles. The second-order valence-corrected chi connectivity index (χ2v) is 5.79. The van der Waals surface area contributed by atoms with E-state index >= 15 is 0 Å². The number of methoxy groups -OCH3 is 2. The van der Waals surface area contributed by atoms with Crippen LogP contribution >= 0.6 is 0 Å². The van der Waals surface area contributed by atoms with E-state index in [1.807, 2.05) is 60.7 Å². The van der Waals surface area contributed by atoms with Crippen molar-refractivity contribution in [3.05, 3.63) is 71.8 Å². The van der Waals surface area contributed by atoms with Crippen LogP contribution in [0.5, 0.6) is 0 Å². The fourth-order valence-electron chi connectivity index (χ4n) is 3.24. The molecular formula is C20H19NO4. The van der Waals surface area contributed by atoms with Crippen molar-refractivity contribution in [3.8, 4) is 0 Å². The summed E-state index contributed by atoms with van der Waals surface area (Å²) in [7, 11) is 2.63. The van der Waals surface area contributed by atoms with Crippen molar-refractivity contribution in [2.24, 2.45) is 16.8 Å². The third-order valence-corrected chi connectivity index (χ3v) is 4.41. The molecule has 5 nitrogen and oxygen atoms in total. The molecule has 1 aliphatic rings. The highest BCUT2D eigenvalue weighted by atomic mass is 16.5. The second kappa shape index (κ2) is 7.30. The third kappa shape index (κ3) is 3.18. The van der Waals surface area contributed by atoms with Gasteiger partial charge >= 0.3 is 11.9 Å². The predicted octanol–water partition coefficient (Wildman–Crippen LogP) is 2.81. The smallest absolute Gasteiger partial charge is 0.315 e. The molecule has 0 N–H and O–H groups in total. The average Bonchev–Trinajstić information content (AvgIpc) is 3.08. The minimum Gasteiger partial charge on any atom is -0.469 e. The highest BCUT2D eigenvalue weighted by molar-refractivity contribution is 6.15. The van der Waals surface area contributed by atoms with Gasteiger partial charge in [0.25, 0.3) is 0 Å². The van der Waals surface area contributed by atoms with Crippen LogP contribution in [0, 0.1) is 11.8 Å². The number of carbonyl (C=O) groups is 2. The number of nitrogens with zero attached hydrogens (tertiary/aromatic N) is 1. The molecule has 3 rings (SSSR count). The maximum absolute atomic E-state index is 12.5. The molecule has 0 aliphatic carbocycles. The number of benzene rings is 2. The maximum atomic E-state index is 12.5. The van der Waals surface area contributed by atoms with Crippen molar-refractivity contribution < 1.29 is 19.1 Å². The van der Waals surface area contributed by atoms with E-state index in [9.17, 15) is 9.59 Å². The Bertz CT molecular complexity index is 786. The van der Waals surface area contributed by atoms with Crippen molar-refractivity contribution in [2.45, 2.75) is 6.04 Å². The maximum Gasteiger partial charge on any atom is 0.315 e. The van der Waals surface area contributed by atoms with Crippen molar-refractivity contribution in [3.63, 3.8) is 0 Å². The van der Waals surface area contributed by atoms with E-state index in [4.69, 9.17) is 14.5 Å². The summed E-state index contributed by atoms with van der Waals surface area (Å²) in [5, 5.41) is 0. The normalized spacial score (nSPS) is 22.2. The summed E-state index contributed by atoms with van der Waals surface area (Å²) in [5.41, 5.74) is 2.21. The molecule has 0 amide bonds. The van der Waals surface area contributed by atoms with Crippen LogP contribution in [-0.2, 0) is 19.1 Å². The Morgan fingerprint density at radius 1 is 0.840 bits per heavy atom. The molecule has 0 spiro atoms. The quantitative estimate of drug-likeness (QED) is 0.805. The summed E-state index contributed by atoms with van der Waals surface area (Å²) in [6.07, 6.45) is 0. The first-order chi connectivity index (χ1) is 12.2. The van der Waals surface area contributed by atoms with Gasteiger partial charge in [-0.3, -0.25) is 14.6 Å². The summed E-state index contributed by atoms with van der Waals surface area (Å²) in [6.45, 7) is 0. The van der Waals surface area contributed by atoms with Crippen LogP contribution in [0.2, 0.25) is 0 Å². The van der Waals surface area contributed by atoms with E-state index in [1.165, 1.54) is 14.2 Å². The molecule has 0 bridgehead atoms. The van der Waals surface area contributed by atoms with E-state index in [0.717, 1.165) is 11.1 Å². The van der Waals surface area contributed by atoms with Crippen molar-refractivity contribution in [2.75, 3.05) is 14.2 Å². The molecule has 0 aromatic heterocycles. The van der Waals surface area contributed by atoms with E-state index < -0.39 is 29.8 Å². The third-order valence-electron chi connectivity index (χ3n) is 4.41. The van der Waals surface area contributed by atoms with Crippen molar-refractivity contribution in [1.82, 2.24) is 0 Å². The fraction of sp³-hybridized carbons (Fsp3) is 0.250. The van der Waals surface area contributed by atoms with Gasteiger partial charge in [0.05, 0.1) is 26.0 Å². The molecular weight excluding hydrogens is 318 g/mol. The molecule has 1 aliphatic heterocycles. The molecule has 25 heavy (non-hydrogen) atoms. The number of esters is 2. The largest absolute Gasteiger partial charge is 0.469 e. The number of hydrogen-bond donors (Lipinski definition) is 0. The molecule has 1 heterocycles. The number of aliphatic imine (C=N–C) groups is 1. The van der Waals surface area contributed by atoms with Gasteiger partial charge < -0.3 is 9.47 Å². The Labute approximate surface area is 146 Å². The van der Waals surface area contributed by atoms with Crippen LogP contribution in [0.4, 0.5) is 0 Å². The summed E-state index contributed by atoms with van der Waals surface area (Å²) in [4.78, 5) is 29.7. The van der Waals surface area contributed by atoms with Gasteiger partial charge in [-0.05, 0) is 11.1 Å². The summed E-state index contributed by atoms with van der Waals surface area (Å²) < 4.78 is 9.94. The minimum absolute atomic E-state index is 0.473. The lowest BCUT2D eigenvalue weighted by molar-refractivity contribution is -0.154. The summed E-state index contributed by atoms with van der Waals surface area (Å²) >= 11 is 0. The summed E-state index contributed by atoms with van der Waals surface area (Å²) in [5.74, 6) is -2.52. The molecule has 0 saturated carbocycles. The molecule has 0 fully saturated rings. The van der Waals surface area contributed by atoms with E-state index in [1.54, 1.807) is 0 Å². The monoisotopic (exact) mass is 337 g/mol. The predicted molar refractivity (Wildman–Crippen MR) is 93.2 cm³/mol. The fourth-order valence-corrected chi connectivity index (χ4v) is 3.24. The first-order valence-corrected chi connectivity index (χ1v) is 8.01. The van der Waals surface area contributed by atoms with Gasteiger partial charge in [-0.2, -0.15) is 0 Å². The minimum atomic E-state index is -0.801. The standard InChI is InChI=1S/C20H19NO4/c1-24-19(22)15-16(20(23)25-2)18(14-11-7-4-8-12-14)21-17(15)13-9-5-3-6-10-13/h3-12,15-17H,1-2H3/t15-,16-,17+/m1/s1. The first-order valence-electron chi connectivity index (χ1n) is 8.01. The van der Waals surface area contributed by atoms with Crippen LogP contribution in [-0.4, -0.2) is 31.9 Å². The lowest BCUT2D eigenvalue weighted by atomic mass is 9.82. The zero-order valence-corrected chi connectivity index (χ0v) is 14.1. The highest BCUT2D eigenvalue weighted by Crippen LogP contribution is 2.41. The zero-order valence-electron chi connectivity index (χ0n) is 14.1. The zero-order chi connectivity index (χ0) is 17.8. The average molecular weight is 337 g/mol. The van der Waals surface area contributed by atoms with Crippen LogP contribution in [0.25, 0.3) is 0 Å². The Kier molecular flexibility index (Phi) is 4.93. The summed E-state index contributed by atoms with van der Waals surface area (Å²) in [6, 6.07) is 18.3. The van der Waals surface area contributed by atoms with Gasteiger partial charge in [0.2, 0.25) is 0 Å². The van der Waals surface area contributed by atoms with Crippen LogP contribution in [0.15, 0.2) is 65.7 Å². The molecule has 128 valence electrons. The Morgan fingerprint density at radius 2 is 1.40 bits per heavy atom.